The fourth-order valence-electron chi connectivity index (χ4n) is 2.14. The first-order chi connectivity index (χ1) is 11.8. The minimum absolute atomic E-state index is 0.291. The van der Waals surface area contributed by atoms with Crippen molar-refractivity contribution in [3.05, 3.63) is 59.2 Å². The molecule has 8 heteroatoms. The van der Waals surface area contributed by atoms with Gasteiger partial charge in [-0.05, 0) is 29.6 Å². The molecule has 0 aliphatic heterocycles. The van der Waals surface area contributed by atoms with Gasteiger partial charge in [-0.1, -0.05) is 6.07 Å². The number of anilines is 1. The molecule has 6 nitrogen and oxygen atoms in total. The second-order valence-electron chi connectivity index (χ2n) is 4.88. The average Bonchev–Trinajstić information content (AvgIpc) is 3.36. The Kier molecular flexibility index (Phi) is 3.89. The predicted molar refractivity (Wildman–Crippen MR) is 95.2 cm³/mol. The van der Waals surface area contributed by atoms with Crippen molar-refractivity contribution in [2.45, 2.75) is 0 Å². The lowest BCUT2D eigenvalue weighted by molar-refractivity contribution is 0.102. The molecule has 24 heavy (non-hydrogen) atoms. The number of amides is 1. The normalized spacial score (nSPS) is 10.7. The third-order valence-electron chi connectivity index (χ3n) is 3.28. The van der Waals surface area contributed by atoms with Crippen LogP contribution in [0.25, 0.3) is 21.8 Å². The average molecular weight is 353 g/mol. The summed E-state index contributed by atoms with van der Waals surface area (Å²) in [5.74, 6) is -0.291. The number of aromatic amines is 1. The Morgan fingerprint density at radius 2 is 2.17 bits per heavy atom. The van der Waals surface area contributed by atoms with Crippen LogP contribution in [0.3, 0.4) is 0 Å². The van der Waals surface area contributed by atoms with E-state index in [-0.39, 0.29) is 5.91 Å². The maximum absolute atomic E-state index is 12.3. The van der Waals surface area contributed by atoms with Crippen LogP contribution in [0.2, 0.25) is 0 Å². The van der Waals surface area contributed by atoms with E-state index in [2.05, 4.69) is 25.5 Å². The highest BCUT2D eigenvalue weighted by Gasteiger charge is 2.14. The van der Waals surface area contributed by atoms with Crippen molar-refractivity contribution in [3.63, 3.8) is 0 Å². The standard InChI is InChI=1S/C16H11N5OS2/c22-15(12-7-11(20-21-12)14-4-2-6-23-14)19-16-18-13(9-24-16)10-3-1-5-17-8-10/h1-9H,(H,20,21)(H,18,19,22). The maximum Gasteiger partial charge on any atom is 0.277 e. The van der Waals surface area contributed by atoms with Crippen molar-refractivity contribution in [2.24, 2.45) is 0 Å². The number of nitrogens with one attached hydrogen (secondary N) is 2. The van der Waals surface area contributed by atoms with E-state index in [1.54, 1.807) is 29.8 Å². The summed E-state index contributed by atoms with van der Waals surface area (Å²) < 4.78 is 0. The highest BCUT2D eigenvalue weighted by atomic mass is 32.1. The van der Waals surface area contributed by atoms with Gasteiger partial charge in [0.05, 0.1) is 16.3 Å². The molecule has 4 heterocycles. The van der Waals surface area contributed by atoms with E-state index in [0.717, 1.165) is 21.8 Å². The first kappa shape index (κ1) is 14.7. The Labute approximate surface area is 145 Å². The van der Waals surface area contributed by atoms with E-state index in [9.17, 15) is 4.79 Å². The molecule has 4 aromatic heterocycles. The Morgan fingerprint density at radius 3 is 2.96 bits per heavy atom. The summed E-state index contributed by atoms with van der Waals surface area (Å²) >= 11 is 2.95. The van der Waals surface area contributed by atoms with Crippen LogP contribution in [-0.2, 0) is 0 Å². The SMILES string of the molecule is O=C(Nc1nc(-c2cccnc2)cs1)c1cc(-c2cccs2)[nH]n1. The zero-order valence-electron chi connectivity index (χ0n) is 12.3. The number of nitrogens with zero attached hydrogens (tertiary/aromatic N) is 3. The van der Waals surface area contributed by atoms with Crippen molar-refractivity contribution < 1.29 is 4.79 Å². The second-order valence-corrected chi connectivity index (χ2v) is 6.68. The van der Waals surface area contributed by atoms with Crippen molar-refractivity contribution in [2.75, 3.05) is 5.32 Å². The molecule has 0 unspecified atom stereocenters. The van der Waals surface area contributed by atoms with Crippen LogP contribution in [0.5, 0.6) is 0 Å². The Balaban J connectivity index is 1.50. The van der Waals surface area contributed by atoms with Gasteiger partial charge in [0.15, 0.2) is 10.8 Å². The zero-order chi connectivity index (χ0) is 16.4. The molecule has 0 aromatic carbocycles. The van der Waals surface area contributed by atoms with Crippen LogP contribution >= 0.6 is 22.7 Å². The summed E-state index contributed by atoms with van der Waals surface area (Å²) in [7, 11) is 0. The van der Waals surface area contributed by atoms with E-state index in [1.807, 2.05) is 35.0 Å². The van der Waals surface area contributed by atoms with Gasteiger partial charge in [0.1, 0.15) is 0 Å². The predicted octanol–water partition coefficient (Wildman–Crippen LogP) is 3.91. The quantitative estimate of drug-likeness (QED) is 0.583. The van der Waals surface area contributed by atoms with Crippen LogP contribution in [0.4, 0.5) is 5.13 Å². The molecule has 0 saturated carbocycles. The number of thiophene rings is 1. The number of thiazole rings is 1. The number of hydrogen-bond acceptors (Lipinski definition) is 6. The van der Waals surface area contributed by atoms with Gasteiger partial charge in [0, 0.05) is 23.3 Å². The molecule has 0 radical (unpaired) electrons. The van der Waals surface area contributed by atoms with Gasteiger partial charge in [-0.3, -0.25) is 20.2 Å². The monoisotopic (exact) mass is 353 g/mol. The molecule has 118 valence electrons. The minimum atomic E-state index is -0.291. The van der Waals surface area contributed by atoms with Gasteiger partial charge < -0.3 is 0 Å². The lowest BCUT2D eigenvalue weighted by Gasteiger charge is -1.97. The first-order valence-electron chi connectivity index (χ1n) is 7.06. The van der Waals surface area contributed by atoms with Crippen LogP contribution < -0.4 is 5.32 Å². The summed E-state index contributed by atoms with van der Waals surface area (Å²) in [6.45, 7) is 0. The highest BCUT2D eigenvalue weighted by molar-refractivity contribution is 7.14. The molecule has 4 rings (SSSR count). The summed E-state index contributed by atoms with van der Waals surface area (Å²) in [5.41, 5.74) is 2.85. The molecular formula is C16H11N5OS2. The Bertz CT molecular complexity index is 959. The highest BCUT2D eigenvalue weighted by Crippen LogP contribution is 2.25. The summed E-state index contributed by atoms with van der Waals surface area (Å²) in [4.78, 5) is 21.8. The Morgan fingerprint density at radius 1 is 1.21 bits per heavy atom. The number of pyridine rings is 1. The number of carbonyl (C=O) groups excluding carboxylic acids is 1. The third kappa shape index (κ3) is 2.97. The minimum Gasteiger partial charge on any atom is -0.296 e. The van der Waals surface area contributed by atoms with E-state index in [1.165, 1.54) is 11.3 Å². The van der Waals surface area contributed by atoms with Crippen molar-refractivity contribution >= 4 is 33.7 Å². The fourth-order valence-corrected chi connectivity index (χ4v) is 3.54. The van der Waals surface area contributed by atoms with E-state index < -0.39 is 0 Å². The number of aromatic nitrogens is 4. The molecule has 0 aliphatic rings. The van der Waals surface area contributed by atoms with Gasteiger partial charge in [0.25, 0.3) is 5.91 Å². The van der Waals surface area contributed by atoms with Gasteiger partial charge in [-0.2, -0.15) is 5.10 Å². The molecule has 1 amide bonds. The van der Waals surface area contributed by atoms with Gasteiger partial charge in [0.2, 0.25) is 0 Å². The number of rotatable bonds is 4. The lowest BCUT2D eigenvalue weighted by atomic mass is 10.2. The molecular weight excluding hydrogens is 342 g/mol. The zero-order valence-corrected chi connectivity index (χ0v) is 13.9. The van der Waals surface area contributed by atoms with Gasteiger partial charge in [-0.25, -0.2) is 4.98 Å². The molecule has 4 aromatic rings. The molecule has 0 saturated heterocycles. The van der Waals surface area contributed by atoms with E-state index in [0.29, 0.717) is 10.8 Å². The molecule has 0 spiro atoms. The van der Waals surface area contributed by atoms with Crippen LogP contribution in [0, 0.1) is 0 Å². The number of hydrogen-bond donors (Lipinski definition) is 2. The Hall–Kier alpha value is -2.84. The molecule has 0 fully saturated rings. The van der Waals surface area contributed by atoms with Crippen molar-refractivity contribution in [1.29, 1.82) is 0 Å². The van der Waals surface area contributed by atoms with Crippen molar-refractivity contribution in [1.82, 2.24) is 20.2 Å². The molecule has 0 atom stereocenters. The maximum atomic E-state index is 12.3. The smallest absolute Gasteiger partial charge is 0.277 e. The van der Waals surface area contributed by atoms with Gasteiger partial charge >= 0.3 is 0 Å². The lowest BCUT2D eigenvalue weighted by Crippen LogP contribution is -2.12. The first-order valence-corrected chi connectivity index (χ1v) is 8.82. The van der Waals surface area contributed by atoms with Crippen LogP contribution in [-0.4, -0.2) is 26.1 Å². The molecule has 0 aliphatic carbocycles. The van der Waals surface area contributed by atoms with Crippen molar-refractivity contribution in [3.8, 4) is 21.8 Å². The molecule has 0 bridgehead atoms. The largest absolute Gasteiger partial charge is 0.296 e. The molecule has 2 N–H and O–H groups in total. The van der Waals surface area contributed by atoms with E-state index >= 15 is 0 Å². The fraction of sp³-hybridized carbons (Fsp3) is 0. The van der Waals surface area contributed by atoms with Gasteiger partial charge in [-0.15, -0.1) is 22.7 Å². The summed E-state index contributed by atoms with van der Waals surface area (Å²) in [5, 5.41) is 14.1. The number of H-pyrrole nitrogens is 1. The van der Waals surface area contributed by atoms with E-state index in [4.69, 9.17) is 0 Å². The topological polar surface area (TPSA) is 83.6 Å². The summed E-state index contributed by atoms with van der Waals surface area (Å²) in [6.07, 6.45) is 3.45. The van der Waals surface area contributed by atoms with Crippen LogP contribution in [0.15, 0.2) is 53.5 Å². The summed E-state index contributed by atoms with van der Waals surface area (Å²) in [6, 6.07) is 9.44. The third-order valence-corrected chi connectivity index (χ3v) is 4.94. The second kappa shape index (κ2) is 6.34. The number of carbonyl (C=O) groups is 1. The van der Waals surface area contributed by atoms with Crippen LogP contribution in [0.1, 0.15) is 10.5 Å².